The van der Waals surface area contributed by atoms with Crippen LogP contribution in [0.15, 0.2) is 12.1 Å². The fraction of sp³-hybridized carbons (Fsp3) is 0.368. The molecule has 0 aliphatic heterocycles. The lowest BCUT2D eigenvalue weighted by molar-refractivity contribution is 0.366. The Hall–Kier alpha value is -4.72. The molecule has 0 atom stereocenters. The number of hydrogen-bond acceptors (Lipinski definition) is 8. The monoisotopic (exact) mass is 626 g/mol. The lowest BCUT2D eigenvalue weighted by Gasteiger charge is -2.20. The van der Waals surface area contributed by atoms with Crippen LogP contribution in [0.5, 0.6) is 46.0 Å². The first kappa shape index (κ1) is 31.3. The normalized spacial score (nSPS) is 17.4. The molecule has 0 spiro atoms. The summed E-state index contributed by atoms with van der Waals surface area (Å²) in [6.45, 7) is 7.98. The van der Waals surface area contributed by atoms with E-state index in [9.17, 15) is 40.9 Å². The molecule has 0 aromatic heterocycles. The van der Waals surface area contributed by atoms with E-state index in [1.165, 1.54) is 12.8 Å². The van der Waals surface area contributed by atoms with E-state index in [0.717, 1.165) is 63.5 Å². The van der Waals surface area contributed by atoms with E-state index in [4.69, 9.17) is 0 Å². The maximum Gasteiger partial charge on any atom is 0.165 e. The van der Waals surface area contributed by atoms with Crippen LogP contribution in [-0.2, 0) is 0 Å². The van der Waals surface area contributed by atoms with Gasteiger partial charge in [-0.05, 0) is 36.8 Å². The zero-order valence-corrected chi connectivity index (χ0v) is 25.9. The van der Waals surface area contributed by atoms with Crippen molar-refractivity contribution in [2.24, 2.45) is 11.8 Å². The molecule has 2 aliphatic rings. The van der Waals surface area contributed by atoms with E-state index < -0.39 is 34.5 Å². The average molecular weight is 627 g/mol. The molecule has 2 aliphatic carbocycles. The highest BCUT2D eigenvalue weighted by molar-refractivity contribution is 6.06. The third-order valence-corrected chi connectivity index (χ3v) is 10.3. The number of phenolic OH excluding ortho intramolecular Hbond substituents is 8. The van der Waals surface area contributed by atoms with Gasteiger partial charge in [-0.3, -0.25) is 0 Å². The van der Waals surface area contributed by atoms with Crippen LogP contribution >= 0.6 is 0 Å². The Kier molecular flexibility index (Phi) is 8.32. The molecule has 242 valence electrons. The van der Waals surface area contributed by atoms with Crippen molar-refractivity contribution < 1.29 is 40.9 Å². The first-order valence-corrected chi connectivity index (χ1v) is 16.2. The van der Waals surface area contributed by atoms with Crippen molar-refractivity contribution in [3.8, 4) is 57.1 Å². The van der Waals surface area contributed by atoms with Crippen LogP contribution in [-0.4, -0.2) is 40.9 Å². The van der Waals surface area contributed by atoms with E-state index in [-0.39, 0.29) is 65.0 Å². The van der Waals surface area contributed by atoms with Crippen LogP contribution in [0.2, 0.25) is 0 Å². The maximum absolute atomic E-state index is 11.7. The van der Waals surface area contributed by atoms with E-state index >= 15 is 0 Å². The fourth-order valence-corrected chi connectivity index (χ4v) is 7.69. The van der Waals surface area contributed by atoms with Gasteiger partial charge in [0.25, 0.3) is 0 Å². The first-order chi connectivity index (χ1) is 22.0. The molecule has 0 amide bonds. The zero-order chi connectivity index (χ0) is 32.9. The maximum atomic E-state index is 11.7. The van der Waals surface area contributed by atoms with Gasteiger partial charge in [0.05, 0.1) is 0 Å². The molecule has 4 aromatic rings. The molecule has 0 saturated heterocycles. The van der Waals surface area contributed by atoms with Crippen LogP contribution in [0, 0.1) is 11.8 Å². The third-order valence-electron chi connectivity index (χ3n) is 10.3. The molecule has 4 aromatic carbocycles. The molecule has 0 heterocycles. The van der Waals surface area contributed by atoms with E-state index in [0.29, 0.717) is 24.7 Å². The van der Waals surface area contributed by atoms with Gasteiger partial charge in [-0.25, -0.2) is 0 Å². The molecular formula is C38H42O8. The Morgan fingerprint density at radius 3 is 1.20 bits per heavy atom. The molecule has 0 radical (unpaired) electrons. The Bertz CT molecular complexity index is 1940. The second kappa shape index (κ2) is 12.2. The Morgan fingerprint density at radius 2 is 0.848 bits per heavy atom. The van der Waals surface area contributed by atoms with Gasteiger partial charge in [-0.2, -0.15) is 0 Å². The molecule has 2 fully saturated rings. The quantitative estimate of drug-likeness (QED) is 0.104. The topological polar surface area (TPSA) is 162 Å². The molecule has 0 bridgehead atoms. The third kappa shape index (κ3) is 5.19. The predicted octanol–water partition coefficient (Wildman–Crippen LogP) is 5.63. The number of rotatable bonds is 5. The van der Waals surface area contributed by atoms with Crippen molar-refractivity contribution in [2.45, 2.75) is 77.0 Å². The minimum Gasteiger partial charge on any atom is -0.507 e. The van der Waals surface area contributed by atoms with Crippen molar-refractivity contribution in [3.63, 3.8) is 0 Å². The number of fused-ring (bicyclic) bond motifs is 2. The highest BCUT2D eigenvalue weighted by atomic mass is 16.3. The molecule has 8 N–H and O–H groups in total. The van der Waals surface area contributed by atoms with Gasteiger partial charge in [0, 0.05) is 53.5 Å². The number of aromatic hydroxyl groups is 8. The highest BCUT2D eigenvalue weighted by Gasteiger charge is 2.26. The minimum absolute atomic E-state index is 0.00135. The molecule has 0 unspecified atom stereocenters. The van der Waals surface area contributed by atoms with Crippen molar-refractivity contribution >= 4 is 46.9 Å². The average Bonchev–Trinajstić information content (AvgIpc) is 3.06. The van der Waals surface area contributed by atoms with Gasteiger partial charge in [0.15, 0.2) is 23.0 Å². The second-order valence-electron chi connectivity index (χ2n) is 13.2. The van der Waals surface area contributed by atoms with Crippen molar-refractivity contribution in [1.29, 1.82) is 0 Å². The smallest absolute Gasteiger partial charge is 0.165 e. The lowest BCUT2D eigenvalue weighted by Crippen LogP contribution is -2.17. The summed E-state index contributed by atoms with van der Waals surface area (Å²) in [7, 11) is 0. The van der Waals surface area contributed by atoms with Crippen LogP contribution in [0.3, 0.4) is 0 Å². The largest absolute Gasteiger partial charge is 0.507 e. The molecule has 8 nitrogen and oxygen atoms in total. The summed E-state index contributed by atoms with van der Waals surface area (Å²) >= 11 is 0. The summed E-state index contributed by atoms with van der Waals surface area (Å²) < 4.78 is 0. The van der Waals surface area contributed by atoms with E-state index in [2.05, 4.69) is 13.2 Å². The Morgan fingerprint density at radius 1 is 0.500 bits per heavy atom. The number of phenols is 8. The summed E-state index contributed by atoms with van der Waals surface area (Å²) in [5.41, 5.74) is -0.290. The molecule has 6 rings (SSSR count). The standard InChI is InChI=1S/C38H42O8/c1-19-29(37(45)25-17-27(39)35(43)23(31(25)33(19)41)15-13-21-9-5-3-6-10-21)30-20(2)34(42)32-24(16-14-22-11-7-4-8-12-22)36(44)28(40)18-26(32)38(30)46/h15-18,21-22,39-46H,1-14H2/b23-15-,24-16-. The van der Waals surface area contributed by atoms with Gasteiger partial charge in [0.2, 0.25) is 0 Å². The highest BCUT2D eigenvalue weighted by Crippen LogP contribution is 2.45. The van der Waals surface area contributed by atoms with E-state index in [1.54, 1.807) is 12.2 Å². The fourth-order valence-electron chi connectivity index (χ4n) is 7.69. The van der Waals surface area contributed by atoms with Crippen molar-refractivity contribution in [1.82, 2.24) is 0 Å². The van der Waals surface area contributed by atoms with Crippen LogP contribution in [0.1, 0.15) is 77.0 Å². The Labute approximate surface area is 266 Å². The van der Waals surface area contributed by atoms with Gasteiger partial charge >= 0.3 is 0 Å². The second-order valence-corrected chi connectivity index (χ2v) is 13.2. The molecule has 8 heteroatoms. The summed E-state index contributed by atoms with van der Waals surface area (Å²) in [6, 6.07) is 2.26. The summed E-state index contributed by atoms with van der Waals surface area (Å²) in [5, 5.41) is 89.7. The minimum atomic E-state index is -0.501. The summed E-state index contributed by atoms with van der Waals surface area (Å²) in [4.78, 5) is 0. The summed E-state index contributed by atoms with van der Waals surface area (Å²) in [6.07, 6.45) is 15.8. The summed E-state index contributed by atoms with van der Waals surface area (Å²) in [5.74, 6) is -2.78. The Balaban J connectivity index is 1.60. The van der Waals surface area contributed by atoms with Crippen molar-refractivity contribution in [2.75, 3.05) is 0 Å². The molecular weight excluding hydrogens is 584 g/mol. The zero-order valence-electron chi connectivity index (χ0n) is 25.9. The van der Waals surface area contributed by atoms with Crippen LogP contribution in [0.4, 0.5) is 0 Å². The predicted molar refractivity (Wildman–Crippen MR) is 181 cm³/mol. The van der Waals surface area contributed by atoms with Gasteiger partial charge in [-0.1, -0.05) is 89.5 Å². The SMILES string of the molecule is C=c1c(-c2c(O)c3cc(O)c(O)/c(=C\CC4CCCCC4)c3c(O)c2=C)c(O)c2cc(O)c(O)/c(=C\CC3CCCCC3)c2c1O. The van der Waals surface area contributed by atoms with E-state index in [1.807, 2.05) is 0 Å². The van der Waals surface area contributed by atoms with Crippen LogP contribution < -0.4 is 20.9 Å². The lowest BCUT2D eigenvalue weighted by atomic mass is 9.86. The van der Waals surface area contributed by atoms with Gasteiger partial charge in [0.1, 0.15) is 23.0 Å². The number of hydrogen-bond donors (Lipinski definition) is 8. The van der Waals surface area contributed by atoms with Crippen molar-refractivity contribution in [3.05, 3.63) is 33.0 Å². The first-order valence-electron chi connectivity index (χ1n) is 16.2. The van der Waals surface area contributed by atoms with Gasteiger partial charge < -0.3 is 40.9 Å². The molecule has 46 heavy (non-hydrogen) atoms. The van der Waals surface area contributed by atoms with Gasteiger partial charge in [-0.15, -0.1) is 0 Å². The van der Waals surface area contributed by atoms with Crippen LogP contribution in [0.25, 0.3) is 58.0 Å². The molecule has 2 saturated carbocycles. The number of benzene rings is 4.